The number of benzene rings is 3. The first-order valence-electron chi connectivity index (χ1n) is 30.4. The van der Waals surface area contributed by atoms with Crippen molar-refractivity contribution in [3.05, 3.63) is 210 Å². The fourth-order valence-electron chi connectivity index (χ4n) is 13.7. The molecule has 3 amide bonds. The molecule has 19 nitrogen and oxygen atoms in total. The van der Waals surface area contributed by atoms with E-state index in [1.807, 2.05) is 23.1 Å². The molecule has 3 aliphatic heterocycles. The molecule has 6 aromatic heterocycles. The van der Waals surface area contributed by atoms with Crippen molar-refractivity contribution >= 4 is 17.7 Å². The normalized spacial score (nSPS) is 22.2. The Kier molecular flexibility index (Phi) is 17.5. The molecule has 3 aromatic carbocycles. The summed E-state index contributed by atoms with van der Waals surface area (Å²) in [5.74, 6) is -2.53. The van der Waals surface area contributed by atoms with Gasteiger partial charge in [0.05, 0.1) is 69.6 Å². The number of carbonyl (C=O) groups is 3. The monoisotopic (exact) mass is 1310 g/mol. The van der Waals surface area contributed by atoms with E-state index in [0.717, 1.165) is 42.8 Å². The van der Waals surface area contributed by atoms with Gasteiger partial charge in [-0.1, -0.05) is 24.3 Å². The van der Waals surface area contributed by atoms with Gasteiger partial charge in [-0.05, 0) is 142 Å². The fraction of sp³-hybridized carbons (Fsp3) is 0.313. The van der Waals surface area contributed by atoms with Crippen LogP contribution in [-0.2, 0) is 12.4 Å². The van der Waals surface area contributed by atoms with Crippen molar-refractivity contribution in [1.29, 1.82) is 0 Å². The Labute approximate surface area is 536 Å². The highest BCUT2D eigenvalue weighted by molar-refractivity contribution is 6.02. The number of halogens is 9. The minimum absolute atomic E-state index is 0.00157. The van der Waals surface area contributed by atoms with Gasteiger partial charge in [-0.2, -0.15) is 41.3 Å². The van der Waals surface area contributed by atoms with Crippen LogP contribution in [0.3, 0.4) is 0 Å². The maximum Gasteiger partial charge on any atom is 0.421 e. The minimum Gasteiger partial charge on any atom is -0.472 e. The van der Waals surface area contributed by atoms with E-state index < -0.39 is 76.9 Å². The molecule has 0 radical (unpaired) electrons. The summed E-state index contributed by atoms with van der Waals surface area (Å²) in [5.41, 5.74) is 0.337. The van der Waals surface area contributed by atoms with Crippen LogP contribution >= 0.6 is 0 Å². The van der Waals surface area contributed by atoms with Crippen LogP contribution in [0.5, 0.6) is 17.6 Å². The summed E-state index contributed by atoms with van der Waals surface area (Å²) in [5, 5.41) is 8.30. The molecule has 0 N–H and O–H groups in total. The van der Waals surface area contributed by atoms with Gasteiger partial charge in [0.1, 0.15) is 35.5 Å². The van der Waals surface area contributed by atoms with E-state index in [1.54, 1.807) is 53.5 Å². The van der Waals surface area contributed by atoms with Crippen molar-refractivity contribution in [2.75, 3.05) is 19.6 Å². The highest BCUT2D eigenvalue weighted by Gasteiger charge is 2.52. The van der Waals surface area contributed by atoms with Crippen LogP contribution < -0.4 is 14.2 Å². The third kappa shape index (κ3) is 13.2. The predicted octanol–water partition coefficient (Wildman–Crippen LogP) is 11.5. The summed E-state index contributed by atoms with van der Waals surface area (Å²) in [6.07, 6.45) is 6.34. The number of fused-ring (bicyclic) bond motifs is 6. The summed E-state index contributed by atoms with van der Waals surface area (Å²) >= 11 is 0. The highest BCUT2D eigenvalue weighted by Crippen LogP contribution is 2.46. The van der Waals surface area contributed by atoms with Gasteiger partial charge in [0.15, 0.2) is 17.5 Å². The zero-order chi connectivity index (χ0) is 66.3. The van der Waals surface area contributed by atoms with Gasteiger partial charge in [-0.15, -0.1) is 0 Å². The topological polar surface area (TPSA) is 210 Å². The Morgan fingerprint density at radius 3 is 1.44 bits per heavy atom. The minimum atomic E-state index is -4.61. The molecule has 0 spiro atoms. The molecule has 6 bridgehead atoms. The van der Waals surface area contributed by atoms with Gasteiger partial charge in [-0.3, -0.25) is 14.4 Å². The zero-order valence-corrected chi connectivity index (χ0v) is 50.2. The number of ether oxygens (including phenoxy) is 3. The Hall–Kier alpha value is -10.4. The molecule has 9 unspecified atom stereocenters. The van der Waals surface area contributed by atoms with Crippen LogP contribution in [-0.4, -0.2) is 138 Å². The second-order valence-electron chi connectivity index (χ2n) is 23.9. The van der Waals surface area contributed by atoms with E-state index in [4.69, 9.17) is 14.2 Å². The number of pyridine rings is 3. The van der Waals surface area contributed by atoms with Crippen LogP contribution in [0.2, 0.25) is 0 Å². The summed E-state index contributed by atoms with van der Waals surface area (Å²) in [7, 11) is 0. The molecule has 3 saturated heterocycles. The number of likely N-dealkylation sites (tertiary alicyclic amines) is 3. The molecule has 95 heavy (non-hydrogen) atoms. The lowest BCUT2D eigenvalue weighted by atomic mass is 10.0. The number of aryl methyl sites for hydroxylation is 1. The van der Waals surface area contributed by atoms with E-state index in [2.05, 4.69) is 45.1 Å². The number of para-hydroxylation sites is 1. The molecule has 3 saturated carbocycles. The second kappa shape index (κ2) is 26.2. The number of amides is 3. The fourth-order valence-corrected chi connectivity index (χ4v) is 13.7. The number of hydrogen-bond acceptors (Lipinski definition) is 15. The first kappa shape index (κ1) is 63.4. The standard InChI is InChI=1S/2C23H18F4N4O2.C21H20FN5O2/c24-16-6-1-4-14(19(16)20-28-8-3-9-29-20)22(32)31-12-13-10-17(31)18(11-13)33-21-15(23(25,26)27)5-2-7-30-21;24-16-4-1-3-15(20(16)21-29-6-2-7-30-21)22(32)31-12-13-9-17(31)18(10-13)33-19-11-14(5-8-28-19)23(25,26)27;1-13-8-16(22)20(23-11-13)29-19-10-14-9-18(19)26(12-14)21(28)15-4-2-3-5-17(15)27-24-6-7-25-27/h1-9,13,17-18H,10-12H2;1-8,11,13,17-18H,9-10,12H2;2-8,11,14,18-19H,9-10,12H2,1H3. The third-order valence-electron chi connectivity index (χ3n) is 17.8. The molecule has 15 rings (SSSR count). The Morgan fingerprint density at radius 2 is 0.937 bits per heavy atom. The summed E-state index contributed by atoms with van der Waals surface area (Å²) in [4.78, 5) is 74.8. The molecular formula is C67H56F9N13O6. The van der Waals surface area contributed by atoms with E-state index in [-0.39, 0.29) is 81.6 Å². The van der Waals surface area contributed by atoms with Crippen LogP contribution in [0.4, 0.5) is 39.5 Å². The molecule has 9 atom stereocenters. The van der Waals surface area contributed by atoms with Crippen molar-refractivity contribution in [2.24, 2.45) is 17.8 Å². The molecule has 9 heterocycles. The lowest BCUT2D eigenvalue weighted by Gasteiger charge is -2.34. The Bertz CT molecular complexity index is 4290. The number of alkyl halides is 6. The van der Waals surface area contributed by atoms with Crippen molar-refractivity contribution < 1.29 is 68.1 Å². The summed E-state index contributed by atoms with van der Waals surface area (Å²) in [6, 6.07) is 23.2. The Balaban J connectivity index is 0.000000129. The number of carbonyl (C=O) groups excluding carboxylic acids is 3. The van der Waals surface area contributed by atoms with Gasteiger partial charge >= 0.3 is 12.4 Å². The van der Waals surface area contributed by atoms with Gasteiger partial charge in [0, 0.05) is 69.1 Å². The van der Waals surface area contributed by atoms with E-state index in [0.29, 0.717) is 62.5 Å². The van der Waals surface area contributed by atoms with E-state index >= 15 is 0 Å². The van der Waals surface area contributed by atoms with Crippen LogP contribution in [0.1, 0.15) is 86.3 Å². The van der Waals surface area contributed by atoms with Gasteiger partial charge in [-0.25, -0.2) is 48.1 Å². The third-order valence-corrected chi connectivity index (χ3v) is 17.8. The van der Waals surface area contributed by atoms with Gasteiger partial charge in [0.2, 0.25) is 11.8 Å². The smallest absolute Gasteiger partial charge is 0.421 e. The molecule has 488 valence electrons. The van der Waals surface area contributed by atoms with Crippen molar-refractivity contribution in [3.8, 4) is 46.1 Å². The number of hydrogen-bond donors (Lipinski definition) is 0. The second-order valence-corrected chi connectivity index (χ2v) is 23.9. The van der Waals surface area contributed by atoms with Gasteiger partial charge in [0.25, 0.3) is 23.6 Å². The molecule has 3 aliphatic carbocycles. The highest BCUT2D eigenvalue weighted by atomic mass is 19.4. The van der Waals surface area contributed by atoms with Gasteiger partial charge < -0.3 is 28.9 Å². The average molecular weight is 1310 g/mol. The lowest BCUT2D eigenvalue weighted by molar-refractivity contribution is -0.140. The number of nitrogens with zero attached hydrogens (tertiary/aromatic N) is 13. The average Bonchev–Trinajstić information content (AvgIpc) is 1.66. The number of rotatable bonds is 12. The Morgan fingerprint density at radius 1 is 0.453 bits per heavy atom. The van der Waals surface area contributed by atoms with Crippen LogP contribution in [0.15, 0.2) is 159 Å². The summed E-state index contributed by atoms with van der Waals surface area (Å²) < 4.78 is 140. The SMILES string of the molecule is Cc1cnc(OC2CC3CC2N(C(=O)c2ccccc2-n2nccn2)C3)c(F)c1.O=C(c1cccc(F)c1-c1ncccn1)N1CC2CC(Oc3cc(C(F)(F)F)ccn3)C1C2.O=C(c1cccc(F)c1-c1ncccn1)N1CC2CC(Oc3ncccc3C(F)(F)F)C1C2. The summed E-state index contributed by atoms with van der Waals surface area (Å²) in [6.45, 7) is 3.34. The van der Waals surface area contributed by atoms with Crippen molar-refractivity contribution in [3.63, 3.8) is 0 Å². The molecule has 6 fully saturated rings. The molecule has 6 aliphatic rings. The number of piperidine rings is 3. The van der Waals surface area contributed by atoms with Crippen molar-refractivity contribution in [1.82, 2.24) is 64.6 Å². The maximum absolute atomic E-state index is 14.7. The molecule has 28 heteroatoms. The van der Waals surface area contributed by atoms with Crippen LogP contribution in [0.25, 0.3) is 28.5 Å². The van der Waals surface area contributed by atoms with Crippen molar-refractivity contribution in [2.45, 2.75) is 94.2 Å². The number of aromatic nitrogens is 10. The predicted molar refractivity (Wildman–Crippen MR) is 320 cm³/mol. The molecular weight excluding hydrogens is 1250 g/mol. The first-order chi connectivity index (χ1) is 45.7. The van der Waals surface area contributed by atoms with E-state index in [9.17, 15) is 53.9 Å². The quantitative estimate of drug-likeness (QED) is 0.104. The lowest BCUT2D eigenvalue weighted by Crippen LogP contribution is -2.47. The first-order valence-corrected chi connectivity index (χ1v) is 30.4. The molecule has 9 aromatic rings. The maximum atomic E-state index is 14.7. The van der Waals surface area contributed by atoms with E-state index in [1.165, 1.54) is 84.3 Å². The van der Waals surface area contributed by atoms with Crippen LogP contribution in [0, 0.1) is 42.1 Å². The zero-order valence-electron chi connectivity index (χ0n) is 50.2. The largest absolute Gasteiger partial charge is 0.472 e.